The largest absolute Gasteiger partial charge is 0.480 e. The fraction of sp³-hybridized carbons (Fsp3) is 0.615. The molecular formula is C13H20N4O3. The Morgan fingerprint density at radius 2 is 2.30 bits per heavy atom. The van der Waals surface area contributed by atoms with Crippen molar-refractivity contribution in [1.29, 1.82) is 0 Å². The number of carboxylic acid groups (broad SMARTS) is 1. The van der Waals surface area contributed by atoms with Gasteiger partial charge in [-0.15, -0.1) is 0 Å². The van der Waals surface area contributed by atoms with Crippen LogP contribution >= 0.6 is 0 Å². The standard InChI is InChI=1S/C13H20N4O3/c1-10-3-7-17(11(9-10)12(18)19)13(20)14-5-8-16-6-2-4-15-16/h2,4,6,10-11H,3,5,7-9H2,1H3,(H,14,20)(H,18,19). The molecule has 20 heavy (non-hydrogen) atoms. The Labute approximate surface area is 117 Å². The number of likely N-dealkylation sites (tertiary alicyclic amines) is 1. The summed E-state index contributed by atoms with van der Waals surface area (Å²) in [6.07, 6.45) is 4.85. The lowest BCUT2D eigenvalue weighted by molar-refractivity contribution is -0.143. The number of carbonyl (C=O) groups is 2. The number of aromatic nitrogens is 2. The molecule has 2 atom stereocenters. The average molecular weight is 280 g/mol. The zero-order valence-corrected chi connectivity index (χ0v) is 11.5. The summed E-state index contributed by atoms with van der Waals surface area (Å²) in [5.74, 6) is -0.594. The third-order valence-corrected chi connectivity index (χ3v) is 3.59. The molecule has 110 valence electrons. The molecule has 2 heterocycles. The molecule has 0 spiro atoms. The van der Waals surface area contributed by atoms with E-state index in [0.717, 1.165) is 6.42 Å². The molecule has 2 amide bonds. The van der Waals surface area contributed by atoms with Gasteiger partial charge in [0.25, 0.3) is 0 Å². The average Bonchev–Trinajstić information content (AvgIpc) is 2.91. The first-order valence-electron chi connectivity index (χ1n) is 6.82. The van der Waals surface area contributed by atoms with Crippen molar-refractivity contribution in [3.05, 3.63) is 18.5 Å². The Hall–Kier alpha value is -2.05. The van der Waals surface area contributed by atoms with Gasteiger partial charge in [-0.2, -0.15) is 5.10 Å². The molecular weight excluding hydrogens is 260 g/mol. The highest BCUT2D eigenvalue weighted by molar-refractivity contribution is 5.82. The van der Waals surface area contributed by atoms with Gasteiger partial charge in [0.15, 0.2) is 0 Å². The molecule has 7 heteroatoms. The van der Waals surface area contributed by atoms with Crippen molar-refractivity contribution in [2.24, 2.45) is 5.92 Å². The van der Waals surface area contributed by atoms with Crippen LogP contribution in [0.4, 0.5) is 4.79 Å². The topological polar surface area (TPSA) is 87.5 Å². The molecule has 2 N–H and O–H groups in total. The number of hydrogen-bond donors (Lipinski definition) is 2. The number of aliphatic carboxylic acids is 1. The molecule has 0 saturated carbocycles. The maximum atomic E-state index is 12.1. The van der Waals surface area contributed by atoms with Crippen LogP contribution in [0.2, 0.25) is 0 Å². The Morgan fingerprint density at radius 3 is 2.95 bits per heavy atom. The summed E-state index contributed by atoms with van der Waals surface area (Å²) in [5, 5.41) is 16.0. The number of carbonyl (C=O) groups excluding carboxylic acids is 1. The van der Waals surface area contributed by atoms with Crippen LogP contribution in [0.3, 0.4) is 0 Å². The first kappa shape index (κ1) is 14.4. The number of carboxylic acids is 1. The van der Waals surface area contributed by atoms with Crippen molar-refractivity contribution in [3.8, 4) is 0 Å². The molecule has 2 unspecified atom stereocenters. The van der Waals surface area contributed by atoms with E-state index >= 15 is 0 Å². The maximum absolute atomic E-state index is 12.1. The van der Waals surface area contributed by atoms with Crippen LogP contribution in [-0.4, -0.2) is 50.9 Å². The third-order valence-electron chi connectivity index (χ3n) is 3.59. The highest BCUT2D eigenvalue weighted by Crippen LogP contribution is 2.22. The monoisotopic (exact) mass is 280 g/mol. The number of nitrogens with one attached hydrogen (secondary N) is 1. The van der Waals surface area contributed by atoms with E-state index in [9.17, 15) is 14.7 Å². The van der Waals surface area contributed by atoms with E-state index in [1.807, 2.05) is 19.2 Å². The Morgan fingerprint density at radius 1 is 1.50 bits per heavy atom. The number of hydrogen-bond acceptors (Lipinski definition) is 3. The third kappa shape index (κ3) is 3.49. The second-order valence-electron chi connectivity index (χ2n) is 5.18. The molecule has 0 bridgehead atoms. The number of nitrogens with zero attached hydrogens (tertiary/aromatic N) is 3. The Balaban J connectivity index is 1.85. The fourth-order valence-corrected chi connectivity index (χ4v) is 2.43. The normalized spacial score (nSPS) is 22.6. The zero-order chi connectivity index (χ0) is 14.5. The summed E-state index contributed by atoms with van der Waals surface area (Å²) >= 11 is 0. The molecule has 1 aliphatic rings. The van der Waals surface area contributed by atoms with Crippen LogP contribution in [-0.2, 0) is 11.3 Å². The summed E-state index contributed by atoms with van der Waals surface area (Å²) in [7, 11) is 0. The van der Waals surface area contributed by atoms with E-state index < -0.39 is 12.0 Å². The van der Waals surface area contributed by atoms with Crippen molar-refractivity contribution in [3.63, 3.8) is 0 Å². The lowest BCUT2D eigenvalue weighted by Gasteiger charge is -2.35. The highest BCUT2D eigenvalue weighted by Gasteiger charge is 2.34. The van der Waals surface area contributed by atoms with Crippen molar-refractivity contribution < 1.29 is 14.7 Å². The van der Waals surface area contributed by atoms with Gasteiger partial charge in [-0.25, -0.2) is 9.59 Å². The van der Waals surface area contributed by atoms with Crippen LogP contribution in [0.15, 0.2) is 18.5 Å². The van der Waals surface area contributed by atoms with Gasteiger partial charge >= 0.3 is 12.0 Å². The van der Waals surface area contributed by atoms with Gasteiger partial charge in [-0.05, 0) is 24.8 Å². The second kappa shape index (κ2) is 6.40. The molecule has 1 aromatic rings. The molecule has 1 fully saturated rings. The molecule has 0 aromatic carbocycles. The van der Waals surface area contributed by atoms with Gasteiger partial charge < -0.3 is 15.3 Å². The van der Waals surface area contributed by atoms with Crippen LogP contribution in [0.25, 0.3) is 0 Å². The summed E-state index contributed by atoms with van der Waals surface area (Å²) in [4.78, 5) is 24.7. The van der Waals surface area contributed by atoms with Gasteiger partial charge in [0.2, 0.25) is 0 Å². The Kier molecular flexibility index (Phi) is 4.60. The van der Waals surface area contributed by atoms with Gasteiger partial charge in [0.1, 0.15) is 6.04 Å². The SMILES string of the molecule is CC1CCN(C(=O)NCCn2cccn2)C(C(=O)O)C1. The summed E-state index contributed by atoms with van der Waals surface area (Å²) in [5.41, 5.74) is 0. The second-order valence-corrected chi connectivity index (χ2v) is 5.18. The predicted octanol–water partition coefficient (Wildman–Crippen LogP) is 0.778. The maximum Gasteiger partial charge on any atom is 0.326 e. The van der Waals surface area contributed by atoms with Gasteiger partial charge in [0.05, 0.1) is 6.54 Å². The van der Waals surface area contributed by atoms with Gasteiger partial charge in [-0.1, -0.05) is 6.92 Å². The van der Waals surface area contributed by atoms with Gasteiger partial charge in [-0.3, -0.25) is 4.68 Å². The lowest BCUT2D eigenvalue weighted by atomic mass is 9.93. The van der Waals surface area contributed by atoms with Crippen LogP contribution in [0.1, 0.15) is 19.8 Å². The van der Waals surface area contributed by atoms with Crippen LogP contribution < -0.4 is 5.32 Å². The number of piperidine rings is 1. The van der Waals surface area contributed by atoms with E-state index in [1.165, 1.54) is 4.90 Å². The number of rotatable bonds is 4. The summed E-state index contributed by atoms with van der Waals surface area (Å²) in [6.45, 7) is 3.51. The minimum absolute atomic E-state index is 0.309. The number of urea groups is 1. The van der Waals surface area contributed by atoms with Crippen molar-refractivity contribution >= 4 is 12.0 Å². The summed E-state index contributed by atoms with van der Waals surface area (Å²) in [6, 6.07) is 0.786. The molecule has 2 rings (SSSR count). The fourth-order valence-electron chi connectivity index (χ4n) is 2.43. The van der Waals surface area contributed by atoms with E-state index in [2.05, 4.69) is 10.4 Å². The number of amides is 2. The quantitative estimate of drug-likeness (QED) is 0.853. The van der Waals surface area contributed by atoms with Crippen molar-refractivity contribution in [2.75, 3.05) is 13.1 Å². The Bertz CT molecular complexity index is 460. The van der Waals surface area contributed by atoms with Crippen molar-refractivity contribution in [2.45, 2.75) is 32.4 Å². The van der Waals surface area contributed by atoms with Crippen molar-refractivity contribution in [1.82, 2.24) is 20.0 Å². The smallest absolute Gasteiger partial charge is 0.326 e. The minimum atomic E-state index is -0.932. The van der Waals surface area contributed by atoms with E-state index in [-0.39, 0.29) is 6.03 Å². The summed E-state index contributed by atoms with van der Waals surface area (Å²) < 4.78 is 1.72. The van der Waals surface area contributed by atoms with Crippen LogP contribution in [0, 0.1) is 5.92 Å². The molecule has 1 saturated heterocycles. The minimum Gasteiger partial charge on any atom is -0.480 e. The lowest BCUT2D eigenvalue weighted by Crippen LogP contribution is -2.53. The zero-order valence-electron chi connectivity index (χ0n) is 11.5. The van der Waals surface area contributed by atoms with Gasteiger partial charge in [0, 0.05) is 25.5 Å². The molecule has 1 aromatic heterocycles. The molecule has 7 nitrogen and oxygen atoms in total. The first-order chi connectivity index (χ1) is 9.58. The van der Waals surface area contributed by atoms with E-state index in [4.69, 9.17) is 0 Å². The van der Waals surface area contributed by atoms with E-state index in [0.29, 0.717) is 32.0 Å². The molecule has 1 aliphatic heterocycles. The first-order valence-corrected chi connectivity index (χ1v) is 6.82. The van der Waals surface area contributed by atoms with E-state index in [1.54, 1.807) is 10.9 Å². The van der Waals surface area contributed by atoms with Crippen LogP contribution in [0.5, 0.6) is 0 Å². The molecule has 0 aliphatic carbocycles. The predicted molar refractivity (Wildman–Crippen MR) is 72.2 cm³/mol. The molecule has 0 radical (unpaired) electrons. The highest BCUT2D eigenvalue weighted by atomic mass is 16.4.